The van der Waals surface area contributed by atoms with Gasteiger partial charge in [-0.3, -0.25) is 4.99 Å². The quantitative estimate of drug-likeness (QED) is 0.553. The predicted molar refractivity (Wildman–Crippen MR) is 94.1 cm³/mol. The van der Waals surface area contributed by atoms with E-state index in [2.05, 4.69) is 15.6 Å². The summed E-state index contributed by atoms with van der Waals surface area (Å²) >= 11 is 0. The van der Waals surface area contributed by atoms with Crippen molar-refractivity contribution in [1.82, 2.24) is 15.5 Å². The summed E-state index contributed by atoms with van der Waals surface area (Å²) in [6.07, 6.45) is -5.08. The number of halogens is 3. The number of methoxy groups -OCH3 is 1. The first-order valence-electron chi connectivity index (χ1n) is 8.16. The predicted octanol–water partition coefficient (Wildman–Crippen LogP) is 2.81. The normalized spacial score (nSPS) is 13.7. The summed E-state index contributed by atoms with van der Waals surface area (Å²) in [6, 6.07) is 7.66. The molecule has 1 atom stereocenters. The van der Waals surface area contributed by atoms with Crippen LogP contribution in [0.2, 0.25) is 0 Å². The van der Waals surface area contributed by atoms with Gasteiger partial charge in [-0.05, 0) is 38.7 Å². The lowest BCUT2D eigenvalue weighted by Gasteiger charge is -2.24. The van der Waals surface area contributed by atoms with E-state index in [4.69, 9.17) is 4.74 Å². The third kappa shape index (κ3) is 8.11. The molecule has 0 bridgehead atoms. The second-order valence-electron chi connectivity index (χ2n) is 5.77. The minimum Gasteiger partial charge on any atom is -0.497 e. The Kier molecular flexibility index (Phi) is 8.54. The molecule has 25 heavy (non-hydrogen) atoms. The van der Waals surface area contributed by atoms with E-state index in [9.17, 15) is 13.2 Å². The van der Waals surface area contributed by atoms with E-state index in [0.717, 1.165) is 11.3 Å². The van der Waals surface area contributed by atoms with Crippen molar-refractivity contribution in [3.63, 3.8) is 0 Å². The number of benzene rings is 1. The number of guanidine groups is 1. The van der Waals surface area contributed by atoms with Crippen LogP contribution >= 0.6 is 0 Å². The highest BCUT2D eigenvalue weighted by molar-refractivity contribution is 5.79. The molecule has 0 saturated carbocycles. The van der Waals surface area contributed by atoms with E-state index in [1.165, 1.54) is 0 Å². The van der Waals surface area contributed by atoms with Crippen LogP contribution in [0.5, 0.6) is 5.75 Å². The molecule has 142 valence electrons. The molecule has 0 heterocycles. The van der Waals surface area contributed by atoms with Gasteiger partial charge in [0.05, 0.1) is 26.1 Å². The van der Waals surface area contributed by atoms with Crippen LogP contribution in [0.1, 0.15) is 24.9 Å². The van der Waals surface area contributed by atoms with Crippen LogP contribution in [-0.2, 0) is 0 Å². The van der Waals surface area contributed by atoms with E-state index in [0.29, 0.717) is 19.0 Å². The van der Waals surface area contributed by atoms with Crippen molar-refractivity contribution in [1.29, 1.82) is 0 Å². The number of hydrogen-bond donors (Lipinski definition) is 2. The molecule has 0 radical (unpaired) electrons. The van der Waals surface area contributed by atoms with Gasteiger partial charge in [0, 0.05) is 13.1 Å². The maximum atomic E-state index is 12.3. The van der Waals surface area contributed by atoms with E-state index in [-0.39, 0.29) is 12.6 Å². The number of nitrogens with one attached hydrogen (secondary N) is 2. The Morgan fingerprint density at radius 1 is 1.28 bits per heavy atom. The largest absolute Gasteiger partial charge is 0.497 e. The molecular formula is C17H27F3N4O. The molecular weight excluding hydrogens is 333 g/mol. The topological polar surface area (TPSA) is 48.9 Å². The first kappa shape index (κ1) is 21.1. The van der Waals surface area contributed by atoms with E-state index in [1.807, 2.05) is 50.2 Å². The molecule has 2 N–H and O–H groups in total. The van der Waals surface area contributed by atoms with Crippen molar-refractivity contribution in [2.24, 2.45) is 4.99 Å². The van der Waals surface area contributed by atoms with Crippen LogP contribution in [0, 0.1) is 0 Å². The summed E-state index contributed by atoms with van der Waals surface area (Å²) in [7, 11) is 5.48. The van der Waals surface area contributed by atoms with E-state index < -0.39 is 12.6 Å². The lowest BCUT2D eigenvalue weighted by atomic mass is 10.1. The van der Waals surface area contributed by atoms with Crippen LogP contribution in [0.4, 0.5) is 13.2 Å². The van der Waals surface area contributed by atoms with Gasteiger partial charge in [0.1, 0.15) is 5.75 Å². The summed E-state index contributed by atoms with van der Waals surface area (Å²) in [5.41, 5.74) is 1.03. The van der Waals surface area contributed by atoms with Gasteiger partial charge >= 0.3 is 6.18 Å². The lowest BCUT2D eigenvalue weighted by molar-refractivity contribution is -0.132. The zero-order valence-corrected chi connectivity index (χ0v) is 15.2. The maximum absolute atomic E-state index is 12.3. The zero-order chi connectivity index (χ0) is 18.9. The summed E-state index contributed by atoms with van der Waals surface area (Å²) in [4.78, 5) is 6.44. The molecule has 0 aliphatic rings. The van der Waals surface area contributed by atoms with Gasteiger partial charge in [-0.25, -0.2) is 0 Å². The molecule has 1 unspecified atom stereocenters. The van der Waals surface area contributed by atoms with Crippen LogP contribution < -0.4 is 15.4 Å². The van der Waals surface area contributed by atoms with Crippen LogP contribution in [0.3, 0.4) is 0 Å². The summed E-state index contributed by atoms with van der Waals surface area (Å²) in [5, 5.41) is 5.69. The Morgan fingerprint density at radius 3 is 2.56 bits per heavy atom. The molecule has 0 aliphatic carbocycles. The highest BCUT2D eigenvalue weighted by Gasteiger charge is 2.26. The molecule has 0 spiro atoms. The third-order valence-corrected chi connectivity index (χ3v) is 3.57. The number of nitrogens with zero attached hydrogens (tertiary/aromatic N) is 2. The SMILES string of the molecule is CCNC(=NCC(c1cccc(OC)c1)N(C)C)NCCC(F)(F)F. The van der Waals surface area contributed by atoms with Crippen molar-refractivity contribution >= 4 is 5.96 Å². The number of aliphatic imine (C=N–C) groups is 1. The smallest absolute Gasteiger partial charge is 0.390 e. The summed E-state index contributed by atoms with van der Waals surface area (Å²) in [5.74, 6) is 1.13. The number of alkyl halides is 3. The lowest BCUT2D eigenvalue weighted by Crippen LogP contribution is -2.39. The van der Waals surface area contributed by atoms with Gasteiger partial charge in [-0.15, -0.1) is 0 Å². The van der Waals surface area contributed by atoms with Gasteiger partial charge in [-0.2, -0.15) is 13.2 Å². The van der Waals surface area contributed by atoms with Gasteiger partial charge in [0.2, 0.25) is 0 Å². The minimum absolute atomic E-state index is 0.0202. The molecule has 0 amide bonds. The summed E-state index contributed by atoms with van der Waals surface area (Å²) in [6.45, 7) is 2.64. The van der Waals surface area contributed by atoms with Crippen LogP contribution in [-0.4, -0.2) is 57.9 Å². The maximum Gasteiger partial charge on any atom is 0.390 e. The molecule has 8 heteroatoms. The molecule has 1 rings (SSSR count). The Hall–Kier alpha value is -1.96. The zero-order valence-electron chi connectivity index (χ0n) is 15.2. The van der Waals surface area contributed by atoms with E-state index >= 15 is 0 Å². The molecule has 0 fully saturated rings. The minimum atomic E-state index is -4.18. The number of rotatable bonds is 8. The molecule has 5 nitrogen and oxygen atoms in total. The highest BCUT2D eigenvalue weighted by Crippen LogP contribution is 2.23. The van der Waals surface area contributed by atoms with Crippen molar-refractivity contribution in [2.45, 2.75) is 25.6 Å². The van der Waals surface area contributed by atoms with Crippen LogP contribution in [0.15, 0.2) is 29.3 Å². The van der Waals surface area contributed by atoms with E-state index in [1.54, 1.807) is 7.11 Å². The molecule has 1 aromatic rings. The van der Waals surface area contributed by atoms with Crippen LogP contribution in [0.25, 0.3) is 0 Å². The number of ether oxygens (including phenoxy) is 1. The molecule has 1 aromatic carbocycles. The fourth-order valence-electron chi connectivity index (χ4n) is 2.26. The fourth-order valence-corrected chi connectivity index (χ4v) is 2.26. The molecule has 0 aliphatic heterocycles. The highest BCUT2D eigenvalue weighted by atomic mass is 19.4. The third-order valence-electron chi connectivity index (χ3n) is 3.57. The average Bonchev–Trinajstić information content (AvgIpc) is 2.53. The average molecular weight is 360 g/mol. The Labute approximate surface area is 147 Å². The Bertz CT molecular complexity index is 547. The fraction of sp³-hybridized carbons (Fsp3) is 0.588. The Balaban J connectivity index is 2.80. The van der Waals surface area contributed by atoms with Gasteiger partial charge < -0.3 is 20.3 Å². The molecule has 0 saturated heterocycles. The second kappa shape index (κ2) is 10.1. The summed E-state index contributed by atoms with van der Waals surface area (Å²) < 4.78 is 42.1. The second-order valence-corrected chi connectivity index (χ2v) is 5.77. The first-order valence-corrected chi connectivity index (χ1v) is 8.16. The monoisotopic (exact) mass is 360 g/mol. The number of likely N-dealkylation sites (N-methyl/N-ethyl adjacent to an activating group) is 1. The van der Waals surface area contributed by atoms with Gasteiger partial charge in [0.25, 0.3) is 0 Å². The number of hydrogen-bond acceptors (Lipinski definition) is 3. The van der Waals surface area contributed by atoms with Gasteiger partial charge in [-0.1, -0.05) is 12.1 Å². The first-order chi connectivity index (χ1) is 11.8. The van der Waals surface area contributed by atoms with Gasteiger partial charge in [0.15, 0.2) is 5.96 Å². The Morgan fingerprint density at radius 2 is 2.00 bits per heavy atom. The molecule has 0 aromatic heterocycles. The van der Waals surface area contributed by atoms with Crippen molar-refractivity contribution in [2.75, 3.05) is 40.8 Å². The van der Waals surface area contributed by atoms with Crippen molar-refractivity contribution < 1.29 is 17.9 Å². The van der Waals surface area contributed by atoms with Crippen molar-refractivity contribution in [3.8, 4) is 5.75 Å². The van der Waals surface area contributed by atoms with Crippen molar-refractivity contribution in [3.05, 3.63) is 29.8 Å². The standard InChI is InChI=1S/C17H27F3N4O/c1-5-21-16(22-10-9-17(18,19)20)23-12-15(24(2)3)13-7-6-8-14(11-13)25-4/h6-8,11,15H,5,9-10,12H2,1-4H3,(H2,21,22,23).